The van der Waals surface area contributed by atoms with Gasteiger partial charge in [-0.3, -0.25) is 29.5 Å². The Balaban J connectivity index is 0.000000308. The SMILES string of the molecule is C#CC1COC1.C#CC1COC1.COP(=O)(OC)C(=N)C(C)=O.COP(=O)(OC)C(=N)C(C)=O.C[C@H](Nc1ncnc2sccc12)c1ccc(-n2cc(C3COC3)nn2)cc1.C[C@H](Nc1ncnc2sccc12)c1ccc(N=[N+]=[N-])cc1.O=CC1COC1.O=CC1COC1.S.S. The maximum atomic E-state index is 11.2. The highest BCUT2D eigenvalue weighted by atomic mass is 32.1. The monoisotopic (exact) mass is 1440 g/mol. The summed E-state index contributed by atoms with van der Waals surface area (Å²) in [4.78, 5) is 62.5. The number of thiophene rings is 2. The lowest BCUT2D eigenvalue weighted by Crippen LogP contribution is -2.28. The molecule has 0 saturated carbocycles. The highest BCUT2D eigenvalue weighted by molar-refractivity contribution is 7.75. The minimum absolute atomic E-state index is 0. The lowest BCUT2D eigenvalue weighted by atomic mass is 10.1. The Morgan fingerprint density at radius 2 is 1.04 bits per heavy atom. The van der Waals surface area contributed by atoms with Crippen LogP contribution < -0.4 is 10.6 Å². The molecule has 7 aromatic rings. The molecule has 10 heterocycles. The number of hydrogen-bond acceptors (Lipinski definition) is 28. The zero-order valence-corrected chi connectivity index (χ0v) is 59.3. The van der Waals surface area contributed by atoms with Crippen LogP contribution in [0.25, 0.3) is 36.6 Å². The van der Waals surface area contributed by atoms with E-state index in [4.69, 9.17) is 52.9 Å². The van der Waals surface area contributed by atoms with Crippen molar-refractivity contribution < 1.29 is 70.1 Å². The molecule has 96 heavy (non-hydrogen) atoms. The fourth-order valence-electron chi connectivity index (χ4n) is 7.41. The molecule has 5 aromatic heterocycles. The Kier molecular flexibility index (Phi) is 37.0. The van der Waals surface area contributed by atoms with Crippen LogP contribution in [0.4, 0.5) is 17.3 Å². The summed E-state index contributed by atoms with van der Waals surface area (Å²) < 4.78 is 66.0. The van der Waals surface area contributed by atoms with Crippen LogP contribution in [0.3, 0.4) is 0 Å². The molecule has 0 amide bonds. The van der Waals surface area contributed by atoms with Crippen molar-refractivity contribution >= 4 is 138 Å². The first-order valence-corrected chi connectivity index (χ1v) is 33.5. The summed E-state index contributed by atoms with van der Waals surface area (Å²) in [5.74, 6) is 7.26. The number of aromatic nitrogens is 7. The van der Waals surface area contributed by atoms with Crippen molar-refractivity contribution in [2.75, 3.05) is 105 Å². The fraction of sp³-hybridized carbons (Fsp3) is 0.410. The van der Waals surface area contributed by atoms with E-state index in [9.17, 15) is 28.3 Å². The van der Waals surface area contributed by atoms with Gasteiger partial charge in [-0.15, -0.1) is 40.6 Å². The minimum Gasteiger partial charge on any atom is -0.380 e. The van der Waals surface area contributed by atoms with Crippen molar-refractivity contribution in [1.82, 2.24) is 34.9 Å². The quantitative estimate of drug-likeness (QED) is 0.0111. The lowest BCUT2D eigenvalue weighted by Gasteiger charge is -2.23. The number of nitrogens with one attached hydrogen (secondary N) is 4. The van der Waals surface area contributed by atoms with Crippen LogP contribution in [0, 0.1) is 59.2 Å². The van der Waals surface area contributed by atoms with Gasteiger partial charge in [0.1, 0.15) is 46.5 Å². The highest BCUT2D eigenvalue weighted by Gasteiger charge is 2.32. The third-order valence-corrected chi connectivity index (χ3v) is 18.9. The Morgan fingerprint density at radius 3 is 1.31 bits per heavy atom. The summed E-state index contributed by atoms with van der Waals surface area (Å²) in [6, 6.07) is 20.1. The van der Waals surface area contributed by atoms with Crippen molar-refractivity contribution in [2.24, 2.45) is 28.8 Å². The zero-order valence-electron chi connectivity index (χ0n) is 53.9. The van der Waals surface area contributed by atoms with Crippen molar-refractivity contribution in [3.05, 3.63) is 118 Å². The van der Waals surface area contributed by atoms with E-state index in [1.807, 2.05) is 45.9 Å². The molecule has 0 spiro atoms. The maximum Gasteiger partial charge on any atom is 0.382 e. The van der Waals surface area contributed by atoms with Gasteiger partial charge in [0.25, 0.3) is 0 Å². The van der Waals surface area contributed by atoms with Crippen LogP contribution >= 0.6 is 64.9 Å². The molecule has 0 aliphatic carbocycles. The number of aldehydes is 2. The number of ether oxygens (including phenoxy) is 5. The number of Topliss-reactive ketones (excluding diaryl/α,β-unsaturated/α-hetero) is 2. The second-order valence-corrected chi connectivity index (χ2v) is 26.5. The normalized spacial score (nSPS) is 15.1. The van der Waals surface area contributed by atoms with E-state index in [-0.39, 0.29) is 50.9 Å². The largest absolute Gasteiger partial charge is 0.382 e. The molecule has 516 valence electrons. The highest BCUT2D eigenvalue weighted by Crippen LogP contribution is 2.48. The predicted molar refractivity (Wildman–Crippen MR) is 377 cm³/mol. The Hall–Kier alpha value is -7.49. The standard InChI is InChI=1S/C19H18N6OS.C14H12N6S.2C5H10NO4P.2C5H6O.2C4H6O2.2H2S/c1-12(22-18-16-6-7-27-19(16)21-11-20-18)13-2-4-15(5-3-13)25-8-17(23-24-25)14-9-26-10-14;1-9(10-2-4-11(5-3-10)19-20-15)18-13-12-6-7-21-14(12)17-8-16-13;2*1-4(7)5(6)11(8,9-2)10-3;2*1-2-5-3-6-4-5;2*5-1-4-2-6-3-4;;/h2-8,11-12,14H,9-10H2,1H3,(H,20,21,22);2-9H,1H3,(H,16,17,18);2*6H,1-3H3;2*1,5H,3-4H2;2*1,4H,2-3H2;2*1H2/t12-;9-;;;;;;;;/m00......../s1. The Labute approximate surface area is 577 Å². The molecule has 5 fully saturated rings. The Morgan fingerprint density at radius 1 is 0.656 bits per heavy atom. The maximum absolute atomic E-state index is 11.2. The van der Waals surface area contributed by atoms with Gasteiger partial charge in [-0.05, 0) is 65.5 Å². The van der Waals surface area contributed by atoms with Gasteiger partial charge in [0.15, 0.2) is 22.5 Å². The molecule has 5 aliphatic rings. The van der Waals surface area contributed by atoms with Crippen LogP contribution in [0.5, 0.6) is 0 Å². The number of azide groups is 1. The van der Waals surface area contributed by atoms with Crippen molar-refractivity contribution in [2.45, 2.75) is 45.7 Å². The number of anilines is 2. The zero-order chi connectivity index (χ0) is 68.6. The molecule has 0 bridgehead atoms. The summed E-state index contributed by atoms with van der Waals surface area (Å²) >= 11 is 3.21. The average Bonchev–Trinajstić information content (AvgIpc) is 1.69. The third-order valence-electron chi connectivity index (χ3n) is 13.6. The molecule has 5 saturated heterocycles. The van der Waals surface area contributed by atoms with Gasteiger partial charge >= 0.3 is 15.2 Å². The second kappa shape index (κ2) is 42.9. The summed E-state index contributed by atoms with van der Waals surface area (Å²) in [5.41, 5.74) is 12.0. The molecule has 5 aliphatic heterocycles. The molecule has 2 aromatic carbocycles. The average molecular weight is 1440 g/mol. The number of terminal acetylenes is 2. The predicted octanol–water partition coefficient (Wildman–Crippen LogP) is 10.9. The summed E-state index contributed by atoms with van der Waals surface area (Å²) in [7, 11) is -2.68. The number of benzene rings is 2. The van der Waals surface area contributed by atoms with Crippen LogP contribution in [0.2, 0.25) is 0 Å². The van der Waals surface area contributed by atoms with E-state index in [1.165, 1.54) is 5.56 Å². The van der Waals surface area contributed by atoms with E-state index < -0.39 is 37.7 Å². The number of ketones is 2. The molecule has 12 rings (SSSR count). The number of fused-ring (bicyclic) bond motifs is 2. The smallest absolute Gasteiger partial charge is 0.380 e. The van der Waals surface area contributed by atoms with Gasteiger partial charge in [0, 0.05) is 65.0 Å². The van der Waals surface area contributed by atoms with E-state index in [0.717, 1.165) is 144 Å². The molecule has 29 nitrogen and oxygen atoms in total. The van der Waals surface area contributed by atoms with Crippen LogP contribution in [-0.2, 0) is 70.1 Å². The number of rotatable bonds is 19. The van der Waals surface area contributed by atoms with Crippen LogP contribution in [-0.4, -0.2) is 164 Å². The topological polar surface area (TPSA) is 388 Å². The first kappa shape index (κ1) is 82.7. The second-order valence-electron chi connectivity index (χ2n) is 20.4. The summed E-state index contributed by atoms with van der Waals surface area (Å²) in [6.07, 6.45) is 17.0. The number of nitrogens with zero attached hydrogens (tertiary/aromatic N) is 10. The number of carbonyl (C=O) groups excluding carboxylic acids is 4. The molecular formula is C61H78N14O15P2S4. The molecular weight excluding hydrogens is 1360 g/mol. The van der Waals surface area contributed by atoms with Gasteiger partial charge < -0.3 is 62.0 Å². The van der Waals surface area contributed by atoms with Gasteiger partial charge in [-0.1, -0.05) is 58.6 Å². The van der Waals surface area contributed by atoms with Crippen LogP contribution in [0.1, 0.15) is 62.5 Å². The third kappa shape index (κ3) is 25.2. The molecule has 2 atom stereocenters. The summed E-state index contributed by atoms with van der Waals surface area (Å²) in [6.45, 7) is 13.6. The van der Waals surface area contributed by atoms with Crippen molar-refractivity contribution in [1.29, 1.82) is 10.8 Å². The first-order chi connectivity index (χ1) is 45.2. The minimum atomic E-state index is -3.59. The lowest BCUT2D eigenvalue weighted by molar-refractivity contribution is -0.124. The van der Waals surface area contributed by atoms with Gasteiger partial charge in [-0.2, -0.15) is 27.0 Å². The van der Waals surface area contributed by atoms with Crippen molar-refractivity contribution in [3.63, 3.8) is 0 Å². The van der Waals surface area contributed by atoms with Crippen LogP contribution in [0.15, 0.2) is 95.4 Å². The van der Waals surface area contributed by atoms with Gasteiger partial charge in [0.05, 0.1) is 124 Å². The van der Waals surface area contributed by atoms with E-state index in [2.05, 4.69) is 119 Å². The van der Waals surface area contributed by atoms with E-state index >= 15 is 0 Å². The van der Waals surface area contributed by atoms with E-state index in [0.29, 0.717) is 49.9 Å². The first-order valence-electron chi connectivity index (χ1n) is 28.7. The molecule has 35 heteroatoms. The van der Waals surface area contributed by atoms with E-state index in [1.54, 1.807) is 47.5 Å². The number of hydrogen-bond donors (Lipinski definition) is 4. The molecule has 0 unspecified atom stereocenters. The fourth-order valence-corrected chi connectivity index (χ4v) is 10.7. The van der Waals surface area contributed by atoms with Gasteiger partial charge in [-0.25, -0.2) is 24.6 Å². The Bertz CT molecular complexity index is 3740. The number of carbonyl (C=O) groups is 4. The van der Waals surface area contributed by atoms with Gasteiger partial charge in [0.2, 0.25) is 0 Å². The molecule has 0 radical (unpaired) electrons. The van der Waals surface area contributed by atoms with Crippen molar-refractivity contribution in [3.8, 4) is 30.4 Å². The molecule has 4 N–H and O–H groups in total. The summed E-state index contributed by atoms with van der Waals surface area (Å²) in [5, 5.41) is 39.1.